The monoisotopic (exact) mass is 365 g/mol. The van der Waals surface area contributed by atoms with Crippen LogP contribution in [0.15, 0.2) is 59.8 Å². The summed E-state index contributed by atoms with van der Waals surface area (Å²) in [5.41, 5.74) is 10.4. The summed E-state index contributed by atoms with van der Waals surface area (Å²) in [7, 11) is 0. The number of hydrogen-bond donors (Lipinski definition) is 0. The molecule has 0 spiro atoms. The fourth-order valence-electron chi connectivity index (χ4n) is 2.26. The SMILES string of the molecule is CC1(c2ccccc2)OI(#[N+]N=[N-])c2ccccc21. The Balaban J connectivity index is 2.24. The Morgan fingerprint density at radius 3 is 2.53 bits per heavy atom. The van der Waals surface area contributed by atoms with E-state index in [0.717, 1.165) is 14.7 Å². The highest BCUT2D eigenvalue weighted by molar-refractivity contribution is 14.2. The maximum atomic E-state index is 8.71. The summed E-state index contributed by atoms with van der Waals surface area (Å²) in [4.78, 5) is 0. The lowest BCUT2D eigenvalue weighted by Crippen LogP contribution is -2.21. The van der Waals surface area contributed by atoms with Gasteiger partial charge in [0.25, 0.3) is 0 Å². The molecule has 2 aromatic carbocycles. The van der Waals surface area contributed by atoms with Crippen molar-refractivity contribution in [3.63, 3.8) is 0 Å². The molecule has 5 heteroatoms. The van der Waals surface area contributed by atoms with Gasteiger partial charge in [0, 0.05) is 16.3 Å². The van der Waals surface area contributed by atoms with Crippen LogP contribution in [0.5, 0.6) is 0 Å². The zero-order valence-electron chi connectivity index (χ0n) is 10.3. The van der Waals surface area contributed by atoms with Crippen LogP contribution in [0.3, 0.4) is 0 Å². The fourth-order valence-corrected chi connectivity index (χ4v) is 6.03. The van der Waals surface area contributed by atoms with Gasteiger partial charge in [-0.15, -0.1) is 0 Å². The molecule has 1 heterocycles. The first-order chi connectivity index (χ1) is 9.25. The number of nitrogens with zero attached hydrogens (tertiary/aromatic N) is 3. The number of benzene rings is 2. The number of halogens is 1. The molecule has 0 saturated carbocycles. The van der Waals surface area contributed by atoms with Gasteiger partial charge in [0.2, 0.25) is 0 Å². The Bertz CT molecular complexity index is 717. The van der Waals surface area contributed by atoms with Gasteiger partial charge in [0.15, 0.2) is 19.9 Å². The molecule has 2 aromatic rings. The van der Waals surface area contributed by atoms with Crippen LogP contribution in [-0.4, -0.2) is 0 Å². The Hall–Kier alpha value is -1.56. The van der Waals surface area contributed by atoms with Crippen LogP contribution in [0, 0.1) is 3.57 Å². The van der Waals surface area contributed by atoms with Gasteiger partial charge in [-0.25, -0.2) is 3.07 Å². The second kappa shape index (κ2) is 4.85. The van der Waals surface area contributed by atoms with Crippen LogP contribution in [-0.2, 0) is 8.67 Å². The molecular weight excluding hydrogens is 353 g/mol. The third kappa shape index (κ3) is 2.00. The van der Waals surface area contributed by atoms with Crippen molar-refractivity contribution in [3.05, 3.63) is 77.9 Å². The molecule has 4 nitrogen and oxygen atoms in total. The molecule has 1 unspecified atom stereocenters. The molecule has 0 aromatic heterocycles. The van der Waals surface area contributed by atoms with E-state index in [-0.39, 0.29) is 0 Å². The topological polar surface area (TPSA) is 48.2 Å². The fraction of sp³-hybridized carbons (Fsp3) is 0.143. The van der Waals surface area contributed by atoms with E-state index in [0.29, 0.717) is 0 Å². The lowest BCUT2D eigenvalue weighted by atomic mass is 9.88. The molecule has 3 rings (SSSR count). The smallest absolute Gasteiger partial charge is 0.193 e. The van der Waals surface area contributed by atoms with E-state index in [1.165, 1.54) is 0 Å². The lowest BCUT2D eigenvalue weighted by Gasteiger charge is -2.23. The predicted octanol–water partition coefficient (Wildman–Crippen LogP) is 4.80. The number of rotatable bonds is 1. The van der Waals surface area contributed by atoms with Crippen LogP contribution in [0.4, 0.5) is 0 Å². The standard InChI is InChI=1S/C14H12IN3O/c1-14(11-7-3-2-4-8-11)12-9-5-6-10-13(12)15(19-14)17-18-16/h2-10H,1H3. The van der Waals surface area contributed by atoms with E-state index in [4.69, 9.17) is 8.60 Å². The first-order valence-corrected chi connectivity index (χ1v) is 8.78. The number of fused-ring (bicyclic) bond motifs is 1. The summed E-state index contributed by atoms with van der Waals surface area (Å²) in [5, 5.41) is 2.95. The zero-order valence-corrected chi connectivity index (χ0v) is 12.5. The van der Waals surface area contributed by atoms with Crippen LogP contribution in [0.2, 0.25) is 0 Å². The van der Waals surface area contributed by atoms with E-state index < -0.39 is 25.5 Å². The summed E-state index contributed by atoms with van der Waals surface area (Å²) < 4.78 is 11.2. The second-order valence-electron chi connectivity index (χ2n) is 4.35. The van der Waals surface area contributed by atoms with Crippen LogP contribution < -0.4 is 0 Å². The van der Waals surface area contributed by atoms with Gasteiger partial charge in [0.05, 0.1) is 3.57 Å². The molecule has 0 saturated heterocycles. The van der Waals surface area contributed by atoms with Gasteiger partial charge in [-0.05, 0) is 18.6 Å². The van der Waals surface area contributed by atoms with Gasteiger partial charge in [-0.1, -0.05) is 48.5 Å². The van der Waals surface area contributed by atoms with Crippen molar-refractivity contribution in [2.75, 3.05) is 0 Å². The van der Waals surface area contributed by atoms with Gasteiger partial charge in [0.1, 0.15) is 5.60 Å². The highest BCUT2D eigenvalue weighted by atomic mass is 127. The van der Waals surface area contributed by atoms with Gasteiger partial charge in [-0.2, -0.15) is 0 Å². The average molecular weight is 365 g/mol. The largest absolute Gasteiger partial charge is 0.287 e. The third-order valence-electron chi connectivity index (χ3n) is 3.22. The average Bonchev–Trinajstić information content (AvgIpc) is 2.75. The van der Waals surface area contributed by atoms with Crippen molar-refractivity contribution in [2.45, 2.75) is 12.5 Å². The predicted molar refractivity (Wildman–Crippen MR) is 82.3 cm³/mol. The highest BCUT2D eigenvalue weighted by Gasteiger charge is 2.40. The Kier molecular flexibility index (Phi) is 3.18. The maximum absolute atomic E-state index is 8.71. The van der Waals surface area contributed by atoms with Crippen molar-refractivity contribution in [3.8, 4) is 0 Å². The molecule has 1 aliphatic rings. The molecule has 0 amide bonds. The van der Waals surface area contributed by atoms with E-state index in [1.807, 2.05) is 55.5 Å². The van der Waals surface area contributed by atoms with Crippen molar-refractivity contribution in [1.29, 1.82) is 0 Å². The van der Waals surface area contributed by atoms with Gasteiger partial charge < -0.3 is 0 Å². The first-order valence-electron chi connectivity index (χ1n) is 5.85. The minimum Gasteiger partial charge on any atom is -0.287 e. The molecule has 19 heavy (non-hydrogen) atoms. The molecule has 0 bridgehead atoms. The summed E-state index contributed by atoms with van der Waals surface area (Å²) in [5.74, 6) is 0. The molecule has 96 valence electrons. The molecule has 0 fully saturated rings. The first kappa shape index (κ1) is 12.5. The molecular formula is C14H12IN3O. The molecule has 0 N–H and O–H groups in total. The van der Waals surface area contributed by atoms with Crippen LogP contribution in [0.1, 0.15) is 18.1 Å². The molecule has 1 aliphatic heterocycles. The highest BCUT2D eigenvalue weighted by Crippen LogP contribution is 2.54. The van der Waals surface area contributed by atoms with E-state index in [1.54, 1.807) is 0 Å². The summed E-state index contributed by atoms with van der Waals surface area (Å²) in [6.07, 6.45) is 0. The lowest BCUT2D eigenvalue weighted by molar-refractivity contribution is 0.208. The minimum absolute atomic E-state index is 0.503. The van der Waals surface area contributed by atoms with E-state index in [9.17, 15) is 0 Å². The van der Waals surface area contributed by atoms with Crippen molar-refractivity contribution < 1.29 is 3.07 Å². The molecule has 0 radical (unpaired) electrons. The maximum Gasteiger partial charge on any atom is 0.193 e. The quantitative estimate of drug-likeness (QED) is 0.407. The Morgan fingerprint density at radius 2 is 1.79 bits per heavy atom. The van der Waals surface area contributed by atoms with Gasteiger partial charge >= 0.3 is 0 Å². The Labute approximate surface area is 118 Å². The minimum atomic E-state index is -2.26. The van der Waals surface area contributed by atoms with Crippen LogP contribution in [0.25, 0.3) is 8.60 Å². The summed E-state index contributed by atoms with van der Waals surface area (Å²) in [6, 6.07) is 18.1. The van der Waals surface area contributed by atoms with Crippen LogP contribution >= 0.6 is 19.9 Å². The van der Waals surface area contributed by atoms with Crippen molar-refractivity contribution >= 4 is 19.9 Å². The third-order valence-corrected chi connectivity index (χ3v) is 7.03. The summed E-state index contributed by atoms with van der Waals surface area (Å²) >= 11 is -2.26. The van der Waals surface area contributed by atoms with E-state index >= 15 is 0 Å². The second-order valence-corrected chi connectivity index (χ2v) is 7.70. The zero-order chi connectivity index (χ0) is 13.3. The van der Waals surface area contributed by atoms with Crippen molar-refractivity contribution in [2.24, 2.45) is 5.22 Å². The normalized spacial score (nSPS) is 21.7. The van der Waals surface area contributed by atoms with Gasteiger partial charge in [-0.3, -0.25) is 3.07 Å². The van der Waals surface area contributed by atoms with Crippen molar-refractivity contribution in [1.82, 2.24) is 0 Å². The Morgan fingerprint density at radius 1 is 1.11 bits per heavy atom. The molecule has 1 atom stereocenters. The summed E-state index contributed by atoms with van der Waals surface area (Å²) in [6.45, 7) is 2.05. The number of hydrogen-bond acceptors (Lipinski definition) is 2. The molecule has 0 aliphatic carbocycles. The van der Waals surface area contributed by atoms with E-state index in [2.05, 4.69) is 14.4 Å².